The third-order valence-corrected chi connectivity index (χ3v) is 3.45. The van der Waals surface area contributed by atoms with Crippen molar-refractivity contribution in [3.05, 3.63) is 29.3 Å². The molecule has 1 aliphatic heterocycles. The topological polar surface area (TPSA) is 21.3 Å². The predicted octanol–water partition coefficient (Wildman–Crippen LogP) is 2.30. The molecule has 3 rings (SSSR count). The summed E-state index contributed by atoms with van der Waals surface area (Å²) >= 11 is 0. The molecule has 0 unspecified atom stereocenters. The van der Waals surface area contributed by atoms with E-state index in [9.17, 15) is 0 Å². The molecule has 1 aliphatic carbocycles. The molecule has 2 nitrogen and oxygen atoms in total. The van der Waals surface area contributed by atoms with Crippen molar-refractivity contribution in [1.82, 2.24) is 5.32 Å². The SMILES string of the molecule is COc1ccc2c(c1)CC1(CC1)NC2.Cl. The minimum absolute atomic E-state index is 0. The van der Waals surface area contributed by atoms with Crippen LogP contribution in [-0.4, -0.2) is 12.6 Å². The summed E-state index contributed by atoms with van der Waals surface area (Å²) in [4.78, 5) is 0. The van der Waals surface area contributed by atoms with E-state index in [0.717, 1.165) is 12.3 Å². The Morgan fingerprint density at radius 2 is 2.07 bits per heavy atom. The average molecular weight is 226 g/mol. The van der Waals surface area contributed by atoms with Crippen molar-refractivity contribution in [3.8, 4) is 5.75 Å². The van der Waals surface area contributed by atoms with Crippen molar-refractivity contribution < 1.29 is 4.74 Å². The van der Waals surface area contributed by atoms with E-state index in [0.29, 0.717) is 5.54 Å². The lowest BCUT2D eigenvalue weighted by Gasteiger charge is -2.26. The maximum atomic E-state index is 5.25. The first-order valence-electron chi connectivity index (χ1n) is 5.22. The number of rotatable bonds is 1. The van der Waals surface area contributed by atoms with E-state index >= 15 is 0 Å². The fourth-order valence-electron chi connectivity index (χ4n) is 2.28. The first-order valence-corrected chi connectivity index (χ1v) is 5.22. The molecule has 0 aromatic heterocycles. The second-order valence-electron chi connectivity index (χ2n) is 4.45. The number of fused-ring (bicyclic) bond motifs is 1. The van der Waals surface area contributed by atoms with Gasteiger partial charge in [-0.1, -0.05) is 6.07 Å². The summed E-state index contributed by atoms with van der Waals surface area (Å²) in [6, 6.07) is 6.41. The molecule has 1 fully saturated rings. The van der Waals surface area contributed by atoms with Crippen molar-refractivity contribution >= 4 is 12.4 Å². The highest BCUT2D eigenvalue weighted by Gasteiger charge is 2.44. The minimum Gasteiger partial charge on any atom is -0.497 e. The Bertz CT molecular complexity index is 374. The van der Waals surface area contributed by atoms with Crippen LogP contribution in [0.1, 0.15) is 24.0 Å². The van der Waals surface area contributed by atoms with Crippen molar-refractivity contribution in [2.75, 3.05) is 7.11 Å². The van der Waals surface area contributed by atoms with Gasteiger partial charge in [0.1, 0.15) is 5.75 Å². The van der Waals surface area contributed by atoms with E-state index in [1.54, 1.807) is 7.11 Å². The zero-order valence-corrected chi connectivity index (χ0v) is 9.69. The van der Waals surface area contributed by atoms with E-state index in [2.05, 4.69) is 17.4 Å². The molecule has 1 saturated carbocycles. The molecule has 1 aromatic carbocycles. The minimum atomic E-state index is 0. The van der Waals surface area contributed by atoms with Gasteiger partial charge in [0.2, 0.25) is 0 Å². The molecular formula is C12H16ClNO. The predicted molar refractivity (Wildman–Crippen MR) is 62.8 cm³/mol. The molecule has 15 heavy (non-hydrogen) atoms. The van der Waals surface area contributed by atoms with Gasteiger partial charge in [0.15, 0.2) is 0 Å². The number of methoxy groups -OCH3 is 1. The molecule has 0 atom stereocenters. The zero-order chi connectivity index (χ0) is 9.60. The van der Waals surface area contributed by atoms with Crippen LogP contribution in [0, 0.1) is 0 Å². The van der Waals surface area contributed by atoms with Crippen LogP contribution in [-0.2, 0) is 13.0 Å². The highest BCUT2D eigenvalue weighted by atomic mass is 35.5. The maximum Gasteiger partial charge on any atom is 0.119 e. The average Bonchev–Trinajstić information content (AvgIpc) is 2.97. The third kappa shape index (κ3) is 1.84. The van der Waals surface area contributed by atoms with Gasteiger partial charge in [-0.05, 0) is 42.5 Å². The van der Waals surface area contributed by atoms with Crippen LogP contribution < -0.4 is 10.1 Å². The first-order chi connectivity index (χ1) is 6.81. The summed E-state index contributed by atoms with van der Waals surface area (Å²) in [5.41, 5.74) is 3.36. The van der Waals surface area contributed by atoms with Gasteiger partial charge in [0.25, 0.3) is 0 Å². The second-order valence-corrected chi connectivity index (χ2v) is 4.45. The summed E-state index contributed by atoms with van der Waals surface area (Å²) in [6.45, 7) is 1.03. The molecule has 0 bridgehead atoms. The van der Waals surface area contributed by atoms with E-state index in [-0.39, 0.29) is 12.4 Å². The van der Waals surface area contributed by atoms with Gasteiger partial charge < -0.3 is 10.1 Å². The van der Waals surface area contributed by atoms with Gasteiger partial charge in [-0.2, -0.15) is 0 Å². The van der Waals surface area contributed by atoms with Gasteiger partial charge >= 0.3 is 0 Å². The van der Waals surface area contributed by atoms with Gasteiger partial charge in [-0.3, -0.25) is 0 Å². The first kappa shape index (κ1) is 10.8. The van der Waals surface area contributed by atoms with E-state index in [4.69, 9.17) is 4.74 Å². The lowest BCUT2D eigenvalue weighted by Crippen LogP contribution is -2.37. The maximum absolute atomic E-state index is 5.25. The van der Waals surface area contributed by atoms with E-state index in [1.807, 2.05) is 6.07 Å². The van der Waals surface area contributed by atoms with Crippen LogP contribution in [0.15, 0.2) is 18.2 Å². The van der Waals surface area contributed by atoms with Crippen molar-refractivity contribution in [1.29, 1.82) is 0 Å². The largest absolute Gasteiger partial charge is 0.497 e. The fourth-order valence-corrected chi connectivity index (χ4v) is 2.28. The summed E-state index contributed by atoms with van der Waals surface area (Å²) < 4.78 is 5.25. The highest BCUT2D eigenvalue weighted by molar-refractivity contribution is 5.85. The Morgan fingerprint density at radius 1 is 1.27 bits per heavy atom. The van der Waals surface area contributed by atoms with Gasteiger partial charge in [0.05, 0.1) is 7.11 Å². The number of ether oxygens (including phenoxy) is 1. The zero-order valence-electron chi connectivity index (χ0n) is 8.88. The monoisotopic (exact) mass is 225 g/mol. The summed E-state index contributed by atoms with van der Waals surface area (Å²) in [5.74, 6) is 0.987. The molecule has 0 amide bonds. The summed E-state index contributed by atoms with van der Waals surface area (Å²) in [7, 11) is 1.73. The van der Waals surface area contributed by atoms with Crippen LogP contribution >= 0.6 is 12.4 Å². The van der Waals surface area contributed by atoms with Crippen LogP contribution in [0.3, 0.4) is 0 Å². The Balaban J connectivity index is 0.000000853. The smallest absolute Gasteiger partial charge is 0.119 e. The van der Waals surface area contributed by atoms with Gasteiger partial charge in [0, 0.05) is 12.1 Å². The molecule has 1 N–H and O–H groups in total. The molecule has 1 aromatic rings. The van der Waals surface area contributed by atoms with Crippen LogP contribution in [0.4, 0.5) is 0 Å². The standard InChI is InChI=1S/C12H15NO.ClH/c1-14-11-3-2-9-8-13-12(4-5-12)7-10(9)6-11;/h2-3,6,13H,4-5,7-8H2,1H3;1H. The molecule has 0 radical (unpaired) electrons. The molecule has 3 heteroatoms. The lowest BCUT2D eigenvalue weighted by molar-refractivity contribution is 0.410. The quantitative estimate of drug-likeness (QED) is 0.792. The Labute approximate surface area is 96.4 Å². The molecule has 1 spiro atoms. The number of hydrogen-bond acceptors (Lipinski definition) is 2. The molecular weight excluding hydrogens is 210 g/mol. The normalized spacial score (nSPS) is 20.3. The molecule has 2 aliphatic rings. The summed E-state index contributed by atoms with van der Waals surface area (Å²) in [5, 5.41) is 3.62. The van der Waals surface area contributed by atoms with Crippen LogP contribution in [0.5, 0.6) is 5.75 Å². The Hall–Kier alpha value is -0.730. The van der Waals surface area contributed by atoms with Gasteiger partial charge in [-0.25, -0.2) is 0 Å². The molecule has 0 saturated heterocycles. The Morgan fingerprint density at radius 3 is 2.73 bits per heavy atom. The van der Waals surface area contributed by atoms with Crippen molar-refractivity contribution in [2.45, 2.75) is 31.3 Å². The molecule has 82 valence electrons. The molecule has 1 heterocycles. The van der Waals surface area contributed by atoms with Crippen molar-refractivity contribution in [3.63, 3.8) is 0 Å². The number of benzene rings is 1. The van der Waals surface area contributed by atoms with E-state index < -0.39 is 0 Å². The lowest BCUT2D eigenvalue weighted by atomic mass is 9.94. The highest BCUT2D eigenvalue weighted by Crippen LogP contribution is 2.42. The Kier molecular flexibility index (Phi) is 2.65. The second kappa shape index (κ2) is 3.69. The van der Waals surface area contributed by atoms with Gasteiger partial charge in [-0.15, -0.1) is 12.4 Å². The van der Waals surface area contributed by atoms with Crippen LogP contribution in [0.2, 0.25) is 0 Å². The number of nitrogens with one attached hydrogen (secondary N) is 1. The number of hydrogen-bond donors (Lipinski definition) is 1. The van der Waals surface area contributed by atoms with E-state index in [1.165, 1.54) is 30.4 Å². The van der Waals surface area contributed by atoms with Crippen molar-refractivity contribution in [2.24, 2.45) is 0 Å². The van der Waals surface area contributed by atoms with Crippen LogP contribution in [0.25, 0.3) is 0 Å². The fraction of sp³-hybridized carbons (Fsp3) is 0.500. The third-order valence-electron chi connectivity index (χ3n) is 3.45. The number of halogens is 1. The summed E-state index contributed by atoms with van der Waals surface area (Å²) in [6.07, 6.45) is 3.85.